The Kier molecular flexibility index (Phi) is 3.58. The molecule has 0 aliphatic carbocycles. The molecule has 0 aromatic heterocycles. The summed E-state index contributed by atoms with van der Waals surface area (Å²) in [7, 11) is 1.63. The fourth-order valence-corrected chi connectivity index (χ4v) is 1.05. The average Bonchev–Trinajstić information content (AvgIpc) is 2.15. The Labute approximate surface area is 78.3 Å². The molecule has 0 saturated carbocycles. The van der Waals surface area contributed by atoms with Crippen LogP contribution in [0.2, 0.25) is 0 Å². The highest BCUT2D eigenvalue weighted by Crippen LogP contribution is 2.22. The molecule has 0 radical (unpaired) electrons. The smallest absolute Gasteiger partial charge is 0.141 e. The summed E-state index contributed by atoms with van der Waals surface area (Å²) in [5, 5.41) is 12.2. The number of benzene rings is 1. The largest absolute Gasteiger partial charge is 0.495 e. The van der Waals surface area contributed by atoms with Crippen LogP contribution in [0.25, 0.3) is 0 Å². The maximum Gasteiger partial charge on any atom is 0.141 e. The Morgan fingerprint density at radius 2 is 2.15 bits per heavy atom. The van der Waals surface area contributed by atoms with Crippen LogP contribution in [0.3, 0.4) is 0 Å². The van der Waals surface area contributed by atoms with E-state index in [4.69, 9.17) is 9.84 Å². The lowest BCUT2D eigenvalue weighted by atomic mass is 10.3. The Balaban J connectivity index is 2.64. The second kappa shape index (κ2) is 4.72. The molecule has 0 amide bonds. The highest BCUT2D eigenvalue weighted by atomic mass is 16.5. The van der Waals surface area contributed by atoms with Crippen molar-refractivity contribution in [3.05, 3.63) is 24.3 Å². The lowest BCUT2D eigenvalue weighted by molar-refractivity contribution is 0.208. The molecule has 1 rings (SSSR count). The number of hydrogen-bond acceptors (Lipinski definition) is 3. The summed E-state index contributed by atoms with van der Waals surface area (Å²) in [5.74, 6) is 0.795. The van der Waals surface area contributed by atoms with Gasteiger partial charge in [0.25, 0.3) is 0 Å². The summed E-state index contributed by atoms with van der Waals surface area (Å²) in [6.07, 6.45) is -0.357. The molecule has 0 aliphatic rings. The zero-order valence-electron chi connectivity index (χ0n) is 7.95. The molecule has 1 aromatic rings. The predicted molar refractivity (Wildman–Crippen MR) is 53.2 cm³/mol. The van der Waals surface area contributed by atoms with Gasteiger partial charge in [0.15, 0.2) is 0 Å². The summed E-state index contributed by atoms with van der Waals surface area (Å²) in [5.41, 5.74) is 0.908. The fraction of sp³-hybridized carbons (Fsp3) is 0.400. The van der Waals surface area contributed by atoms with Gasteiger partial charge in [-0.1, -0.05) is 12.1 Å². The van der Waals surface area contributed by atoms with Crippen molar-refractivity contribution in [3.63, 3.8) is 0 Å². The highest BCUT2D eigenvalue weighted by Gasteiger charge is 2.01. The SMILES string of the molecule is COc1ccccc1NCC(C)O. The van der Waals surface area contributed by atoms with Gasteiger partial charge in [-0.2, -0.15) is 0 Å². The van der Waals surface area contributed by atoms with Crippen molar-refractivity contribution < 1.29 is 9.84 Å². The molecule has 0 saturated heterocycles. The normalized spacial score (nSPS) is 12.2. The highest BCUT2D eigenvalue weighted by molar-refractivity contribution is 5.56. The first kappa shape index (κ1) is 9.86. The monoisotopic (exact) mass is 181 g/mol. The van der Waals surface area contributed by atoms with Crippen LogP contribution in [0.4, 0.5) is 5.69 Å². The van der Waals surface area contributed by atoms with E-state index in [2.05, 4.69) is 5.32 Å². The summed E-state index contributed by atoms with van der Waals surface area (Å²) in [4.78, 5) is 0. The minimum Gasteiger partial charge on any atom is -0.495 e. The van der Waals surface area contributed by atoms with Crippen LogP contribution in [-0.2, 0) is 0 Å². The van der Waals surface area contributed by atoms with E-state index in [1.165, 1.54) is 0 Å². The number of rotatable bonds is 4. The van der Waals surface area contributed by atoms with Gasteiger partial charge in [0.1, 0.15) is 5.75 Å². The molecule has 1 atom stereocenters. The molecule has 0 spiro atoms. The van der Waals surface area contributed by atoms with Gasteiger partial charge in [0.05, 0.1) is 18.9 Å². The first-order valence-electron chi connectivity index (χ1n) is 4.29. The van der Waals surface area contributed by atoms with E-state index in [0.717, 1.165) is 11.4 Å². The molecule has 0 aliphatic heterocycles. The number of ether oxygens (including phenoxy) is 1. The van der Waals surface area contributed by atoms with Crippen molar-refractivity contribution in [2.24, 2.45) is 0 Å². The van der Waals surface area contributed by atoms with Crippen molar-refractivity contribution >= 4 is 5.69 Å². The zero-order chi connectivity index (χ0) is 9.68. The molecule has 3 nitrogen and oxygen atoms in total. The van der Waals surface area contributed by atoms with Crippen LogP contribution in [0.5, 0.6) is 5.75 Å². The topological polar surface area (TPSA) is 41.5 Å². The van der Waals surface area contributed by atoms with Crippen LogP contribution in [0, 0.1) is 0 Å². The summed E-state index contributed by atoms with van der Waals surface area (Å²) >= 11 is 0. The first-order valence-corrected chi connectivity index (χ1v) is 4.29. The zero-order valence-corrected chi connectivity index (χ0v) is 7.95. The standard InChI is InChI=1S/C10H15NO2/c1-8(12)7-11-9-5-3-4-6-10(9)13-2/h3-6,8,11-12H,7H2,1-2H3. The molecule has 2 N–H and O–H groups in total. The van der Waals surface area contributed by atoms with Gasteiger partial charge in [-0.15, -0.1) is 0 Å². The predicted octanol–water partition coefficient (Wildman–Crippen LogP) is 1.49. The van der Waals surface area contributed by atoms with E-state index in [1.54, 1.807) is 14.0 Å². The molecule has 1 aromatic carbocycles. The third kappa shape index (κ3) is 2.95. The Morgan fingerprint density at radius 1 is 1.46 bits per heavy atom. The maximum absolute atomic E-state index is 9.07. The van der Waals surface area contributed by atoms with Crippen molar-refractivity contribution in [2.45, 2.75) is 13.0 Å². The average molecular weight is 181 g/mol. The van der Waals surface area contributed by atoms with E-state index in [-0.39, 0.29) is 6.10 Å². The van der Waals surface area contributed by atoms with Gasteiger partial charge in [-0.3, -0.25) is 0 Å². The van der Waals surface area contributed by atoms with E-state index < -0.39 is 0 Å². The molecule has 0 fully saturated rings. The second-order valence-corrected chi connectivity index (χ2v) is 2.93. The number of hydrogen-bond donors (Lipinski definition) is 2. The van der Waals surface area contributed by atoms with Gasteiger partial charge in [-0.25, -0.2) is 0 Å². The van der Waals surface area contributed by atoms with Gasteiger partial charge in [-0.05, 0) is 19.1 Å². The molecular formula is C10H15NO2. The van der Waals surface area contributed by atoms with Gasteiger partial charge < -0.3 is 15.2 Å². The Morgan fingerprint density at radius 3 is 2.77 bits per heavy atom. The van der Waals surface area contributed by atoms with E-state index in [1.807, 2.05) is 24.3 Å². The van der Waals surface area contributed by atoms with Crippen LogP contribution in [0.1, 0.15) is 6.92 Å². The third-order valence-corrected chi connectivity index (χ3v) is 1.69. The van der Waals surface area contributed by atoms with Crippen molar-refractivity contribution in [1.29, 1.82) is 0 Å². The molecule has 72 valence electrons. The Hall–Kier alpha value is -1.22. The molecule has 3 heteroatoms. The number of aliphatic hydroxyl groups is 1. The van der Waals surface area contributed by atoms with Gasteiger partial charge >= 0.3 is 0 Å². The number of methoxy groups -OCH3 is 1. The number of anilines is 1. The third-order valence-electron chi connectivity index (χ3n) is 1.69. The van der Waals surface area contributed by atoms with Crippen LogP contribution in [0.15, 0.2) is 24.3 Å². The first-order chi connectivity index (χ1) is 6.24. The lowest BCUT2D eigenvalue weighted by Crippen LogP contribution is -2.15. The molecule has 0 bridgehead atoms. The van der Waals surface area contributed by atoms with Crippen LogP contribution >= 0.6 is 0 Å². The molecule has 0 heterocycles. The minimum absolute atomic E-state index is 0.357. The number of para-hydroxylation sites is 2. The summed E-state index contributed by atoms with van der Waals surface area (Å²) in [6, 6.07) is 7.63. The second-order valence-electron chi connectivity index (χ2n) is 2.93. The lowest BCUT2D eigenvalue weighted by Gasteiger charge is -2.11. The van der Waals surface area contributed by atoms with E-state index in [0.29, 0.717) is 6.54 Å². The minimum atomic E-state index is -0.357. The fourth-order valence-electron chi connectivity index (χ4n) is 1.05. The number of nitrogens with one attached hydrogen (secondary N) is 1. The molecule has 1 unspecified atom stereocenters. The van der Waals surface area contributed by atoms with E-state index >= 15 is 0 Å². The van der Waals surface area contributed by atoms with E-state index in [9.17, 15) is 0 Å². The Bertz CT molecular complexity index is 261. The quantitative estimate of drug-likeness (QED) is 0.739. The summed E-state index contributed by atoms with van der Waals surface area (Å²) in [6.45, 7) is 2.27. The van der Waals surface area contributed by atoms with Crippen LogP contribution < -0.4 is 10.1 Å². The number of aliphatic hydroxyl groups excluding tert-OH is 1. The summed E-state index contributed by atoms with van der Waals surface area (Å²) < 4.78 is 5.13. The van der Waals surface area contributed by atoms with Gasteiger partial charge in [0, 0.05) is 6.54 Å². The van der Waals surface area contributed by atoms with Crippen molar-refractivity contribution in [1.82, 2.24) is 0 Å². The molecule has 13 heavy (non-hydrogen) atoms. The van der Waals surface area contributed by atoms with Crippen LogP contribution in [-0.4, -0.2) is 24.9 Å². The molecular weight excluding hydrogens is 166 g/mol. The van der Waals surface area contributed by atoms with Crippen molar-refractivity contribution in [2.75, 3.05) is 19.0 Å². The maximum atomic E-state index is 9.07. The van der Waals surface area contributed by atoms with Crippen molar-refractivity contribution in [3.8, 4) is 5.75 Å². The van der Waals surface area contributed by atoms with Gasteiger partial charge in [0.2, 0.25) is 0 Å².